The Labute approximate surface area is 169 Å². The highest BCUT2D eigenvalue weighted by Crippen LogP contribution is 2.24. The molecule has 0 saturated carbocycles. The van der Waals surface area contributed by atoms with E-state index in [0.29, 0.717) is 29.7 Å². The van der Waals surface area contributed by atoms with Gasteiger partial charge in [-0.15, -0.1) is 0 Å². The van der Waals surface area contributed by atoms with Crippen LogP contribution in [-0.2, 0) is 13.2 Å². The number of hydrogen-bond donors (Lipinski definition) is 2. The van der Waals surface area contributed by atoms with E-state index in [-0.39, 0.29) is 0 Å². The van der Waals surface area contributed by atoms with Gasteiger partial charge in [0.25, 0.3) is 0 Å². The van der Waals surface area contributed by atoms with Crippen molar-refractivity contribution >= 4 is 23.2 Å². The SMILES string of the molecule is OC(CNCc1cc(Cl)ccc1OCc1cccc(Cl)c1)c1ccccc1. The standard InChI is InChI=1S/C22H21Cl2NO2/c23-19-8-4-5-16(11-19)15-27-22-10-9-20(24)12-18(22)13-25-14-21(26)17-6-2-1-3-7-17/h1-12,21,25-26H,13-15H2. The number of rotatable bonds is 8. The quantitative estimate of drug-likeness (QED) is 0.531. The molecule has 2 N–H and O–H groups in total. The van der Waals surface area contributed by atoms with Crippen LogP contribution in [0.3, 0.4) is 0 Å². The number of nitrogens with one attached hydrogen (secondary N) is 1. The van der Waals surface area contributed by atoms with E-state index >= 15 is 0 Å². The Morgan fingerprint density at radius 1 is 0.889 bits per heavy atom. The van der Waals surface area contributed by atoms with Gasteiger partial charge in [-0.3, -0.25) is 0 Å². The first kappa shape index (κ1) is 19.7. The summed E-state index contributed by atoms with van der Waals surface area (Å²) in [5.41, 5.74) is 2.81. The van der Waals surface area contributed by atoms with Gasteiger partial charge in [-0.25, -0.2) is 0 Å². The third-order valence-corrected chi connectivity index (χ3v) is 4.61. The lowest BCUT2D eigenvalue weighted by molar-refractivity contribution is 0.174. The molecule has 3 aromatic rings. The Bertz CT molecular complexity index is 871. The molecule has 3 nitrogen and oxygen atoms in total. The highest BCUT2D eigenvalue weighted by atomic mass is 35.5. The molecule has 0 bridgehead atoms. The lowest BCUT2D eigenvalue weighted by Crippen LogP contribution is -2.21. The maximum atomic E-state index is 10.3. The molecule has 0 spiro atoms. The molecule has 3 aromatic carbocycles. The molecule has 0 fully saturated rings. The van der Waals surface area contributed by atoms with E-state index in [1.54, 1.807) is 6.07 Å². The third kappa shape index (κ3) is 5.98. The van der Waals surface area contributed by atoms with Crippen molar-refractivity contribution in [1.29, 1.82) is 0 Å². The van der Waals surface area contributed by atoms with Gasteiger partial charge in [-0.1, -0.05) is 65.7 Å². The molecule has 0 saturated heterocycles. The van der Waals surface area contributed by atoms with E-state index in [9.17, 15) is 5.11 Å². The molecular weight excluding hydrogens is 381 g/mol. The first-order valence-electron chi connectivity index (χ1n) is 8.71. The zero-order valence-electron chi connectivity index (χ0n) is 14.7. The van der Waals surface area contributed by atoms with Gasteiger partial charge in [0.15, 0.2) is 0 Å². The summed E-state index contributed by atoms with van der Waals surface area (Å²) in [5.74, 6) is 0.751. The van der Waals surface area contributed by atoms with Crippen LogP contribution in [0, 0.1) is 0 Å². The average molecular weight is 402 g/mol. The van der Waals surface area contributed by atoms with Gasteiger partial charge in [0.2, 0.25) is 0 Å². The fourth-order valence-electron chi connectivity index (χ4n) is 2.75. The predicted octanol–water partition coefficient (Wildman–Crippen LogP) is 5.40. The maximum absolute atomic E-state index is 10.3. The van der Waals surface area contributed by atoms with Crippen LogP contribution < -0.4 is 10.1 Å². The van der Waals surface area contributed by atoms with Crippen molar-refractivity contribution < 1.29 is 9.84 Å². The maximum Gasteiger partial charge on any atom is 0.124 e. The molecule has 5 heteroatoms. The van der Waals surface area contributed by atoms with Crippen LogP contribution in [-0.4, -0.2) is 11.7 Å². The Morgan fingerprint density at radius 2 is 1.67 bits per heavy atom. The van der Waals surface area contributed by atoms with Crippen molar-refractivity contribution in [3.05, 3.63) is 99.5 Å². The zero-order chi connectivity index (χ0) is 19.1. The molecule has 27 heavy (non-hydrogen) atoms. The highest BCUT2D eigenvalue weighted by molar-refractivity contribution is 6.30. The predicted molar refractivity (Wildman–Crippen MR) is 110 cm³/mol. The minimum Gasteiger partial charge on any atom is -0.489 e. The molecule has 0 aliphatic carbocycles. The van der Waals surface area contributed by atoms with Crippen molar-refractivity contribution in [3.8, 4) is 5.75 Å². The summed E-state index contributed by atoms with van der Waals surface area (Å²) in [6.07, 6.45) is -0.568. The smallest absolute Gasteiger partial charge is 0.124 e. The summed E-state index contributed by atoms with van der Waals surface area (Å²) in [6, 6.07) is 22.7. The van der Waals surface area contributed by atoms with Crippen molar-refractivity contribution in [2.45, 2.75) is 19.3 Å². The van der Waals surface area contributed by atoms with E-state index in [1.165, 1.54) is 0 Å². The third-order valence-electron chi connectivity index (χ3n) is 4.14. The van der Waals surface area contributed by atoms with Crippen molar-refractivity contribution in [3.63, 3.8) is 0 Å². The molecule has 1 unspecified atom stereocenters. The lowest BCUT2D eigenvalue weighted by atomic mass is 10.1. The van der Waals surface area contributed by atoms with Gasteiger partial charge in [0.1, 0.15) is 12.4 Å². The monoisotopic (exact) mass is 401 g/mol. The normalized spacial score (nSPS) is 12.0. The van der Waals surface area contributed by atoms with Crippen LogP contribution >= 0.6 is 23.2 Å². The van der Waals surface area contributed by atoms with Gasteiger partial charge in [-0.05, 0) is 41.5 Å². The second-order valence-corrected chi connectivity index (χ2v) is 7.10. The number of hydrogen-bond acceptors (Lipinski definition) is 3. The molecule has 0 heterocycles. The average Bonchev–Trinajstić information content (AvgIpc) is 2.68. The van der Waals surface area contributed by atoms with E-state index in [1.807, 2.05) is 66.7 Å². The van der Waals surface area contributed by atoms with Gasteiger partial charge < -0.3 is 15.2 Å². The van der Waals surface area contributed by atoms with Crippen LogP contribution in [0.4, 0.5) is 0 Å². The zero-order valence-corrected chi connectivity index (χ0v) is 16.3. The second-order valence-electron chi connectivity index (χ2n) is 6.23. The number of halogens is 2. The molecule has 0 aromatic heterocycles. The molecule has 3 rings (SSSR count). The molecule has 140 valence electrons. The molecule has 0 aliphatic heterocycles. The summed E-state index contributed by atoms with van der Waals surface area (Å²) < 4.78 is 5.96. The van der Waals surface area contributed by atoms with E-state index in [4.69, 9.17) is 27.9 Å². The Morgan fingerprint density at radius 3 is 2.44 bits per heavy atom. The molecule has 1 atom stereocenters. The second kappa shape index (κ2) is 9.77. The summed E-state index contributed by atoms with van der Waals surface area (Å²) in [6.45, 7) is 1.39. The lowest BCUT2D eigenvalue weighted by Gasteiger charge is -2.15. The van der Waals surface area contributed by atoms with Crippen LogP contribution in [0.15, 0.2) is 72.8 Å². The molecular formula is C22H21Cl2NO2. The van der Waals surface area contributed by atoms with Crippen LogP contribution in [0.5, 0.6) is 5.75 Å². The van der Waals surface area contributed by atoms with Crippen molar-refractivity contribution in [2.75, 3.05) is 6.54 Å². The van der Waals surface area contributed by atoms with Crippen LogP contribution in [0.2, 0.25) is 10.0 Å². The Balaban J connectivity index is 1.60. The molecule has 0 aliphatic rings. The molecule has 0 amide bonds. The highest BCUT2D eigenvalue weighted by Gasteiger charge is 2.09. The number of ether oxygens (including phenoxy) is 1. The van der Waals surface area contributed by atoms with Crippen molar-refractivity contribution in [1.82, 2.24) is 5.32 Å². The van der Waals surface area contributed by atoms with Gasteiger partial charge in [-0.2, -0.15) is 0 Å². The number of aliphatic hydroxyl groups is 1. The van der Waals surface area contributed by atoms with E-state index in [0.717, 1.165) is 22.4 Å². The summed E-state index contributed by atoms with van der Waals surface area (Å²) in [4.78, 5) is 0. The first-order valence-corrected chi connectivity index (χ1v) is 9.47. The first-order chi connectivity index (χ1) is 13.1. The minimum atomic E-state index is -0.568. The largest absolute Gasteiger partial charge is 0.489 e. The van der Waals surface area contributed by atoms with Crippen molar-refractivity contribution in [2.24, 2.45) is 0 Å². The van der Waals surface area contributed by atoms with Crippen LogP contribution in [0.1, 0.15) is 22.8 Å². The summed E-state index contributed by atoms with van der Waals surface area (Å²) >= 11 is 12.2. The molecule has 0 radical (unpaired) electrons. The van der Waals surface area contributed by atoms with Crippen LogP contribution in [0.25, 0.3) is 0 Å². The number of benzene rings is 3. The topological polar surface area (TPSA) is 41.5 Å². The fourth-order valence-corrected chi connectivity index (χ4v) is 3.16. The van der Waals surface area contributed by atoms with Gasteiger partial charge in [0.05, 0.1) is 6.10 Å². The Kier molecular flexibility index (Phi) is 7.13. The fraction of sp³-hybridized carbons (Fsp3) is 0.182. The van der Waals surface area contributed by atoms with Gasteiger partial charge in [0, 0.05) is 28.7 Å². The van der Waals surface area contributed by atoms with E-state index in [2.05, 4.69) is 5.32 Å². The van der Waals surface area contributed by atoms with E-state index < -0.39 is 6.10 Å². The number of aliphatic hydroxyl groups excluding tert-OH is 1. The summed E-state index contributed by atoms with van der Waals surface area (Å²) in [7, 11) is 0. The van der Waals surface area contributed by atoms with Gasteiger partial charge >= 0.3 is 0 Å². The summed E-state index contributed by atoms with van der Waals surface area (Å²) in [5, 5.41) is 14.9. The Hall–Kier alpha value is -2.04. The minimum absolute atomic E-state index is 0.418.